The first-order valence-electron chi connectivity index (χ1n) is 7.14. The lowest BCUT2D eigenvalue weighted by atomic mass is 9.96. The Kier molecular flexibility index (Phi) is 4.97. The molecule has 1 fully saturated rings. The highest BCUT2D eigenvalue weighted by Crippen LogP contribution is 2.25. The molecule has 1 aromatic rings. The van der Waals surface area contributed by atoms with Gasteiger partial charge in [-0.3, -0.25) is 0 Å². The number of rotatable bonds is 5. The molecule has 106 valence electrons. The summed E-state index contributed by atoms with van der Waals surface area (Å²) in [5.74, 6) is 0.209. The molecule has 0 saturated carbocycles. The van der Waals surface area contributed by atoms with Crippen LogP contribution in [0.1, 0.15) is 31.9 Å². The summed E-state index contributed by atoms with van der Waals surface area (Å²) in [6.45, 7) is 5.97. The van der Waals surface area contributed by atoms with Crippen LogP contribution in [0.2, 0.25) is 0 Å². The van der Waals surface area contributed by atoms with Gasteiger partial charge >= 0.3 is 0 Å². The van der Waals surface area contributed by atoms with Gasteiger partial charge in [-0.2, -0.15) is 0 Å². The van der Waals surface area contributed by atoms with Crippen LogP contribution < -0.4 is 0 Å². The second-order valence-corrected chi connectivity index (χ2v) is 5.70. The van der Waals surface area contributed by atoms with Crippen LogP contribution in [0.4, 0.5) is 0 Å². The van der Waals surface area contributed by atoms with Crippen LogP contribution >= 0.6 is 0 Å². The number of benzene rings is 1. The first kappa shape index (κ1) is 14.5. The van der Waals surface area contributed by atoms with Crippen LogP contribution in [0.15, 0.2) is 30.3 Å². The van der Waals surface area contributed by atoms with E-state index >= 15 is 0 Å². The van der Waals surface area contributed by atoms with Crippen molar-refractivity contribution in [1.82, 2.24) is 4.90 Å². The average Bonchev–Trinajstić information content (AvgIpc) is 2.85. The highest BCUT2D eigenvalue weighted by molar-refractivity contribution is 5.17. The second-order valence-electron chi connectivity index (χ2n) is 5.70. The molecule has 0 aliphatic carbocycles. The average molecular weight is 263 g/mol. The van der Waals surface area contributed by atoms with Crippen molar-refractivity contribution < 1.29 is 9.84 Å². The number of ether oxygens (including phenoxy) is 1. The van der Waals surface area contributed by atoms with Gasteiger partial charge in [-0.05, 0) is 31.9 Å². The number of nitrogens with zero attached hydrogens (tertiary/aromatic N) is 1. The van der Waals surface area contributed by atoms with Gasteiger partial charge in [0.1, 0.15) is 0 Å². The van der Waals surface area contributed by atoms with E-state index in [0.29, 0.717) is 12.1 Å². The summed E-state index contributed by atoms with van der Waals surface area (Å²) in [7, 11) is 2.13. The van der Waals surface area contributed by atoms with E-state index in [1.165, 1.54) is 0 Å². The highest BCUT2D eigenvalue weighted by Gasteiger charge is 2.29. The van der Waals surface area contributed by atoms with Gasteiger partial charge in [-0.15, -0.1) is 0 Å². The molecule has 3 nitrogen and oxygen atoms in total. The van der Waals surface area contributed by atoms with Gasteiger partial charge in [-0.1, -0.05) is 37.3 Å². The molecule has 0 aromatic heterocycles. The molecule has 4 atom stereocenters. The first-order chi connectivity index (χ1) is 9.09. The molecule has 1 aliphatic rings. The van der Waals surface area contributed by atoms with Crippen molar-refractivity contribution in [1.29, 1.82) is 0 Å². The summed E-state index contributed by atoms with van der Waals surface area (Å²) < 4.78 is 5.61. The summed E-state index contributed by atoms with van der Waals surface area (Å²) in [6.07, 6.45) is 0.985. The third kappa shape index (κ3) is 3.56. The fourth-order valence-corrected chi connectivity index (χ4v) is 2.97. The first-order valence-corrected chi connectivity index (χ1v) is 7.14. The predicted octanol–water partition coefficient (Wildman–Crippen LogP) is 2.47. The molecule has 2 rings (SSSR count). The minimum absolute atomic E-state index is 0.209. The monoisotopic (exact) mass is 263 g/mol. The molecule has 0 bridgehead atoms. The van der Waals surface area contributed by atoms with Gasteiger partial charge in [0.2, 0.25) is 0 Å². The zero-order chi connectivity index (χ0) is 13.8. The van der Waals surface area contributed by atoms with E-state index in [0.717, 1.165) is 25.1 Å². The molecular formula is C16H25NO2. The lowest BCUT2D eigenvalue weighted by Gasteiger charge is -2.31. The largest absolute Gasteiger partial charge is 0.388 e. The number of hydrogen-bond acceptors (Lipinski definition) is 3. The van der Waals surface area contributed by atoms with Crippen molar-refractivity contribution in [3.8, 4) is 0 Å². The van der Waals surface area contributed by atoms with Gasteiger partial charge in [0.15, 0.2) is 0 Å². The van der Waals surface area contributed by atoms with Crippen molar-refractivity contribution in [3.63, 3.8) is 0 Å². The molecular weight excluding hydrogens is 238 g/mol. The minimum atomic E-state index is -0.402. The standard InChI is InChI=1S/C16H25NO2/c1-12(16(18)14-7-5-4-6-8-14)11-17(3)15-9-10-19-13(15)2/h4-8,12-13,15-16,18H,9-11H2,1-3H3. The van der Waals surface area contributed by atoms with E-state index in [4.69, 9.17) is 4.74 Å². The molecule has 1 aliphatic heterocycles. The molecule has 0 radical (unpaired) electrons. The van der Waals surface area contributed by atoms with E-state index < -0.39 is 6.10 Å². The Bertz CT molecular complexity index is 382. The van der Waals surface area contributed by atoms with Crippen molar-refractivity contribution in [3.05, 3.63) is 35.9 Å². The van der Waals surface area contributed by atoms with Crippen LogP contribution in [-0.4, -0.2) is 42.4 Å². The van der Waals surface area contributed by atoms with E-state index in [1.54, 1.807) is 0 Å². The maximum atomic E-state index is 10.4. The Morgan fingerprint density at radius 3 is 2.63 bits per heavy atom. The van der Waals surface area contributed by atoms with Crippen LogP contribution in [0.3, 0.4) is 0 Å². The second kappa shape index (κ2) is 6.51. The van der Waals surface area contributed by atoms with E-state index in [-0.39, 0.29) is 5.92 Å². The normalized spacial score (nSPS) is 26.6. The summed E-state index contributed by atoms with van der Waals surface area (Å²) >= 11 is 0. The number of aliphatic hydroxyl groups excluding tert-OH is 1. The maximum Gasteiger partial charge on any atom is 0.0827 e. The van der Waals surface area contributed by atoms with Gasteiger partial charge in [0.05, 0.1) is 12.2 Å². The number of aliphatic hydroxyl groups is 1. The molecule has 0 amide bonds. The summed E-state index contributed by atoms with van der Waals surface area (Å²) in [6, 6.07) is 10.4. The summed E-state index contributed by atoms with van der Waals surface area (Å²) in [5.41, 5.74) is 0.999. The van der Waals surface area contributed by atoms with Crippen LogP contribution in [-0.2, 0) is 4.74 Å². The van der Waals surface area contributed by atoms with E-state index in [1.807, 2.05) is 30.3 Å². The fourth-order valence-electron chi connectivity index (χ4n) is 2.97. The predicted molar refractivity (Wildman–Crippen MR) is 77.0 cm³/mol. The molecule has 1 N–H and O–H groups in total. The maximum absolute atomic E-state index is 10.4. The Hall–Kier alpha value is -0.900. The molecule has 1 heterocycles. The summed E-state index contributed by atoms with van der Waals surface area (Å²) in [5, 5.41) is 10.4. The Morgan fingerprint density at radius 2 is 2.05 bits per heavy atom. The Morgan fingerprint density at radius 1 is 1.37 bits per heavy atom. The Balaban J connectivity index is 1.91. The number of likely N-dealkylation sites (N-methyl/N-ethyl adjacent to an activating group) is 1. The minimum Gasteiger partial charge on any atom is -0.388 e. The lowest BCUT2D eigenvalue weighted by Crippen LogP contribution is -2.40. The van der Waals surface area contributed by atoms with E-state index in [9.17, 15) is 5.11 Å². The van der Waals surface area contributed by atoms with Gasteiger partial charge < -0.3 is 14.7 Å². The fraction of sp³-hybridized carbons (Fsp3) is 0.625. The van der Waals surface area contributed by atoms with Crippen molar-refractivity contribution in [2.45, 2.75) is 38.5 Å². The van der Waals surface area contributed by atoms with Gasteiger partial charge in [0.25, 0.3) is 0 Å². The van der Waals surface area contributed by atoms with Gasteiger partial charge in [-0.25, -0.2) is 0 Å². The quantitative estimate of drug-likeness (QED) is 0.886. The van der Waals surface area contributed by atoms with Crippen LogP contribution in [0.25, 0.3) is 0 Å². The molecule has 1 aromatic carbocycles. The van der Waals surface area contributed by atoms with Crippen LogP contribution in [0, 0.1) is 5.92 Å². The third-order valence-electron chi connectivity index (χ3n) is 4.16. The van der Waals surface area contributed by atoms with Crippen molar-refractivity contribution in [2.24, 2.45) is 5.92 Å². The molecule has 4 unspecified atom stereocenters. The topological polar surface area (TPSA) is 32.7 Å². The van der Waals surface area contributed by atoms with E-state index in [2.05, 4.69) is 25.8 Å². The Labute approximate surface area is 116 Å². The zero-order valence-electron chi connectivity index (χ0n) is 12.1. The highest BCUT2D eigenvalue weighted by atomic mass is 16.5. The SMILES string of the molecule is CC(CN(C)C1CCOC1C)C(O)c1ccccc1. The third-order valence-corrected chi connectivity index (χ3v) is 4.16. The number of hydrogen-bond donors (Lipinski definition) is 1. The molecule has 3 heteroatoms. The zero-order valence-corrected chi connectivity index (χ0v) is 12.1. The molecule has 19 heavy (non-hydrogen) atoms. The van der Waals surface area contributed by atoms with Crippen molar-refractivity contribution in [2.75, 3.05) is 20.2 Å². The van der Waals surface area contributed by atoms with Crippen molar-refractivity contribution >= 4 is 0 Å². The molecule has 0 spiro atoms. The smallest absolute Gasteiger partial charge is 0.0827 e. The lowest BCUT2D eigenvalue weighted by molar-refractivity contribution is 0.0544. The van der Waals surface area contributed by atoms with Gasteiger partial charge in [0, 0.05) is 19.2 Å². The molecule has 1 saturated heterocycles. The summed E-state index contributed by atoms with van der Waals surface area (Å²) in [4.78, 5) is 2.33. The van der Waals surface area contributed by atoms with Crippen LogP contribution in [0.5, 0.6) is 0 Å².